The molecule has 0 aromatic carbocycles. The molecule has 0 radical (unpaired) electrons. The Morgan fingerprint density at radius 3 is 1.39 bits per heavy atom. The zero-order chi connectivity index (χ0) is 48.5. The number of likely N-dealkylation sites (N-methyl/N-ethyl adjacent to an activating group) is 1. The van der Waals surface area contributed by atoms with Crippen LogP contribution in [0.5, 0.6) is 0 Å². The molecule has 0 aliphatic carbocycles. The Morgan fingerprint density at radius 1 is 0.485 bits per heavy atom. The molecule has 66 heavy (non-hydrogen) atoms. The summed E-state index contributed by atoms with van der Waals surface area (Å²) in [5.74, 6) is -0.925. The van der Waals surface area contributed by atoms with Crippen LogP contribution in [0.15, 0.2) is 85.1 Å². The minimum atomic E-state index is -4.66. The van der Waals surface area contributed by atoms with Crippen molar-refractivity contribution in [3.63, 3.8) is 0 Å². The average molecular weight is 944 g/mol. The summed E-state index contributed by atoms with van der Waals surface area (Å²) in [7, 11) is 1.11. The van der Waals surface area contributed by atoms with Crippen LogP contribution in [-0.2, 0) is 32.7 Å². The first-order chi connectivity index (χ1) is 32.0. The maximum atomic E-state index is 12.7. The lowest BCUT2D eigenvalue weighted by Gasteiger charge is -2.28. The number of quaternary nitrogens is 1. The van der Waals surface area contributed by atoms with E-state index in [9.17, 15) is 19.0 Å². The first-order valence-corrected chi connectivity index (χ1v) is 27.8. The molecule has 380 valence electrons. The highest BCUT2D eigenvalue weighted by Crippen LogP contribution is 2.38. The number of nitrogens with zero attached hydrogens (tertiary/aromatic N) is 1. The molecule has 0 bridgehead atoms. The van der Waals surface area contributed by atoms with Gasteiger partial charge in [0.2, 0.25) is 0 Å². The molecule has 0 saturated heterocycles. The lowest BCUT2D eigenvalue weighted by molar-refractivity contribution is -0.870. The molecule has 10 heteroatoms. The third kappa shape index (κ3) is 50.6. The Balaban J connectivity index is 4.36. The molecule has 0 aromatic heterocycles. The number of unbranched alkanes of at least 4 members (excludes halogenated alkanes) is 19. The quantitative estimate of drug-likeness (QED) is 0.0195. The maximum absolute atomic E-state index is 12.7. The molecule has 0 rings (SSSR count). The van der Waals surface area contributed by atoms with Crippen LogP contribution in [-0.4, -0.2) is 70.0 Å². The molecule has 0 aliphatic heterocycles. The van der Waals surface area contributed by atoms with E-state index >= 15 is 0 Å². The van der Waals surface area contributed by atoms with Gasteiger partial charge in [0.15, 0.2) is 6.10 Å². The van der Waals surface area contributed by atoms with Crippen LogP contribution < -0.4 is 4.89 Å². The molecule has 0 aromatic rings. The maximum Gasteiger partial charge on any atom is 0.306 e. The minimum absolute atomic E-state index is 0.0475. The molecular formula is C56H98NO8P. The number of rotatable bonds is 47. The van der Waals surface area contributed by atoms with E-state index < -0.39 is 32.5 Å². The fourth-order valence-electron chi connectivity index (χ4n) is 6.82. The van der Waals surface area contributed by atoms with Gasteiger partial charge in [0.1, 0.15) is 19.8 Å². The van der Waals surface area contributed by atoms with Gasteiger partial charge in [-0.05, 0) is 89.9 Å². The lowest BCUT2D eigenvalue weighted by atomic mass is 10.0. The van der Waals surface area contributed by atoms with Crippen molar-refractivity contribution in [1.82, 2.24) is 0 Å². The van der Waals surface area contributed by atoms with E-state index in [1.807, 2.05) is 21.1 Å². The molecule has 1 unspecified atom stereocenters. The van der Waals surface area contributed by atoms with Crippen LogP contribution in [0.4, 0.5) is 0 Å². The number of hydrogen-bond acceptors (Lipinski definition) is 8. The predicted octanol–water partition coefficient (Wildman–Crippen LogP) is 15.3. The van der Waals surface area contributed by atoms with Gasteiger partial charge in [-0.1, -0.05) is 189 Å². The number of esters is 2. The van der Waals surface area contributed by atoms with Gasteiger partial charge in [-0.3, -0.25) is 14.2 Å². The summed E-state index contributed by atoms with van der Waals surface area (Å²) >= 11 is 0. The first kappa shape index (κ1) is 63.2. The monoisotopic (exact) mass is 944 g/mol. The number of carbonyl (C=O) groups is 2. The van der Waals surface area contributed by atoms with Crippen LogP contribution in [0, 0.1) is 0 Å². The van der Waals surface area contributed by atoms with E-state index in [2.05, 4.69) is 98.9 Å². The number of ether oxygens (including phenoxy) is 2. The second-order valence-corrected chi connectivity index (χ2v) is 19.9. The smallest absolute Gasteiger partial charge is 0.306 e. The molecule has 0 fully saturated rings. The van der Waals surface area contributed by atoms with Crippen LogP contribution in [0.25, 0.3) is 0 Å². The highest BCUT2D eigenvalue weighted by atomic mass is 31.2. The molecule has 0 spiro atoms. The van der Waals surface area contributed by atoms with Crippen LogP contribution in [0.2, 0.25) is 0 Å². The summed E-state index contributed by atoms with van der Waals surface area (Å²) in [6.45, 7) is 4.04. The largest absolute Gasteiger partial charge is 0.756 e. The van der Waals surface area contributed by atoms with Gasteiger partial charge in [-0.15, -0.1) is 0 Å². The Bertz CT molecular complexity index is 1390. The van der Waals surface area contributed by atoms with Crippen molar-refractivity contribution in [2.45, 2.75) is 213 Å². The molecule has 2 atom stereocenters. The molecule has 0 N–H and O–H groups in total. The average Bonchev–Trinajstić information content (AvgIpc) is 3.27. The van der Waals surface area contributed by atoms with Crippen molar-refractivity contribution in [3.05, 3.63) is 85.1 Å². The number of phosphoric ester groups is 1. The third-order valence-electron chi connectivity index (χ3n) is 10.9. The topological polar surface area (TPSA) is 111 Å². The summed E-state index contributed by atoms with van der Waals surface area (Å²) < 4.78 is 34.0. The van der Waals surface area contributed by atoms with Crippen molar-refractivity contribution in [2.75, 3.05) is 47.5 Å². The third-order valence-corrected chi connectivity index (χ3v) is 11.8. The molecule has 0 saturated carbocycles. The Morgan fingerprint density at radius 2 is 0.894 bits per heavy atom. The first-order valence-electron chi connectivity index (χ1n) is 26.3. The van der Waals surface area contributed by atoms with Crippen molar-refractivity contribution in [1.29, 1.82) is 0 Å². The number of hydrogen-bond donors (Lipinski definition) is 0. The van der Waals surface area contributed by atoms with E-state index in [1.165, 1.54) is 89.9 Å². The Kier molecular flexibility index (Phi) is 45.3. The van der Waals surface area contributed by atoms with E-state index in [1.54, 1.807) is 0 Å². The van der Waals surface area contributed by atoms with E-state index in [0.717, 1.165) is 77.0 Å². The molecular weight excluding hydrogens is 846 g/mol. The fourth-order valence-corrected chi connectivity index (χ4v) is 7.55. The second-order valence-electron chi connectivity index (χ2n) is 18.5. The Labute approximate surface area is 405 Å². The van der Waals surface area contributed by atoms with E-state index in [4.69, 9.17) is 18.5 Å². The fraction of sp³-hybridized carbons (Fsp3) is 0.714. The number of allylic oxidation sites excluding steroid dienone is 14. The highest BCUT2D eigenvalue weighted by molar-refractivity contribution is 7.45. The predicted molar refractivity (Wildman–Crippen MR) is 277 cm³/mol. The number of carbonyl (C=O) groups excluding carboxylic acids is 2. The highest BCUT2D eigenvalue weighted by Gasteiger charge is 2.21. The zero-order valence-corrected chi connectivity index (χ0v) is 43.8. The SMILES string of the molecule is CC/C=C/C/C=C/C/C=C/C/C=C/C/C=C/CCCCCC(=O)OC[C@H](COP(=O)([O-])OCC[N+](C)(C)C)OC(=O)CCC/C=C/CC/C=C/CCCCCCCCCCCCCCCC. The van der Waals surface area contributed by atoms with Gasteiger partial charge < -0.3 is 27.9 Å². The zero-order valence-electron chi connectivity index (χ0n) is 42.9. The standard InChI is InChI=1S/C56H98NO8P/c1-6-8-10-12-14-16-18-20-22-24-26-27-28-29-31-33-35-37-39-41-43-45-47-49-56(59)65-54(53-64-66(60,61)63-51-50-57(3,4)5)52-62-55(58)48-46-44-42-40-38-36-34-32-30-25-23-21-19-17-15-13-11-9-7-2/h9,11,15,17,21,23,30,32-33,35-36,38,41,43,54H,6-8,10,12-14,16,18-20,22,24-29,31,34,37,39-40,42,44-53H2,1-5H3/b11-9+,17-15+,23-21+,32-30+,35-33+,38-36+,43-41+/t54-/m1/s1. The van der Waals surface area contributed by atoms with Crippen molar-refractivity contribution >= 4 is 19.8 Å². The summed E-state index contributed by atoms with van der Waals surface area (Å²) in [6.07, 6.45) is 62.1. The number of phosphoric acid groups is 1. The van der Waals surface area contributed by atoms with Crippen molar-refractivity contribution in [3.8, 4) is 0 Å². The lowest BCUT2D eigenvalue weighted by Crippen LogP contribution is -2.37. The summed E-state index contributed by atoms with van der Waals surface area (Å²) in [6, 6.07) is 0. The van der Waals surface area contributed by atoms with E-state index in [0.29, 0.717) is 23.9 Å². The second kappa shape index (κ2) is 47.3. The summed E-state index contributed by atoms with van der Waals surface area (Å²) in [4.78, 5) is 37.7. The summed E-state index contributed by atoms with van der Waals surface area (Å²) in [5, 5.41) is 0. The molecule has 0 heterocycles. The van der Waals surface area contributed by atoms with Crippen LogP contribution in [0.3, 0.4) is 0 Å². The van der Waals surface area contributed by atoms with Crippen molar-refractivity contribution in [2.24, 2.45) is 0 Å². The van der Waals surface area contributed by atoms with E-state index in [-0.39, 0.29) is 26.1 Å². The van der Waals surface area contributed by atoms with Crippen LogP contribution in [0.1, 0.15) is 206 Å². The van der Waals surface area contributed by atoms with Gasteiger partial charge in [0, 0.05) is 12.8 Å². The van der Waals surface area contributed by atoms with Gasteiger partial charge >= 0.3 is 11.9 Å². The molecule has 0 aliphatic rings. The minimum Gasteiger partial charge on any atom is -0.756 e. The Hall–Kier alpha value is -2.81. The van der Waals surface area contributed by atoms with Gasteiger partial charge in [-0.2, -0.15) is 0 Å². The molecule has 9 nitrogen and oxygen atoms in total. The van der Waals surface area contributed by atoms with Gasteiger partial charge in [0.05, 0.1) is 27.7 Å². The normalized spacial score (nSPS) is 14.1. The van der Waals surface area contributed by atoms with Crippen LogP contribution >= 0.6 is 7.82 Å². The summed E-state index contributed by atoms with van der Waals surface area (Å²) in [5.41, 5.74) is 0. The van der Waals surface area contributed by atoms with Gasteiger partial charge in [0.25, 0.3) is 7.82 Å². The van der Waals surface area contributed by atoms with Gasteiger partial charge in [-0.25, -0.2) is 0 Å². The molecule has 0 amide bonds. The van der Waals surface area contributed by atoms with Crippen molar-refractivity contribution < 1.29 is 42.1 Å².